The molecule has 2 aromatic heterocycles. The Morgan fingerprint density at radius 1 is 1.17 bits per heavy atom. The highest BCUT2D eigenvalue weighted by molar-refractivity contribution is 7.88. The Labute approximate surface area is 173 Å². The predicted molar refractivity (Wildman–Crippen MR) is 108 cm³/mol. The second-order valence-corrected chi connectivity index (χ2v) is 9.65. The molecule has 0 aliphatic carbocycles. The maximum atomic E-state index is 12.7. The molecule has 0 radical (unpaired) electrons. The van der Waals surface area contributed by atoms with E-state index in [1.807, 2.05) is 23.6 Å². The molecule has 8 nitrogen and oxygen atoms in total. The number of thiophene rings is 1. The monoisotopic (exact) mass is 429 g/mol. The quantitative estimate of drug-likeness (QED) is 0.592. The van der Waals surface area contributed by atoms with Gasteiger partial charge in [0.1, 0.15) is 0 Å². The highest BCUT2D eigenvalue weighted by Crippen LogP contribution is 2.22. The first-order valence-corrected chi connectivity index (χ1v) is 11.6. The van der Waals surface area contributed by atoms with Gasteiger partial charge in [-0.1, -0.05) is 23.4 Å². The van der Waals surface area contributed by atoms with E-state index < -0.39 is 10.0 Å². The van der Waals surface area contributed by atoms with Crippen molar-refractivity contribution in [2.75, 3.05) is 26.2 Å². The summed E-state index contributed by atoms with van der Waals surface area (Å²) in [6.07, 6.45) is 0. The summed E-state index contributed by atoms with van der Waals surface area (Å²) in [5.41, 5.74) is 1.09. The van der Waals surface area contributed by atoms with Crippen LogP contribution in [0.5, 0.6) is 0 Å². The van der Waals surface area contributed by atoms with Crippen molar-refractivity contribution in [2.45, 2.75) is 12.3 Å². The molecular formula is C19H19N5O3S2. The van der Waals surface area contributed by atoms with Gasteiger partial charge in [0.15, 0.2) is 0 Å². The zero-order valence-corrected chi connectivity index (χ0v) is 17.2. The number of hydrogen-bond donors (Lipinski definition) is 0. The summed E-state index contributed by atoms with van der Waals surface area (Å²) >= 11 is 1.55. The van der Waals surface area contributed by atoms with E-state index >= 15 is 0 Å². The van der Waals surface area contributed by atoms with Gasteiger partial charge >= 0.3 is 0 Å². The molecule has 0 atom stereocenters. The van der Waals surface area contributed by atoms with Crippen LogP contribution >= 0.6 is 11.3 Å². The molecule has 0 unspecified atom stereocenters. The lowest BCUT2D eigenvalue weighted by atomic mass is 10.2. The van der Waals surface area contributed by atoms with Crippen LogP contribution in [0.3, 0.4) is 0 Å². The lowest BCUT2D eigenvalue weighted by Gasteiger charge is -2.33. The molecular weight excluding hydrogens is 410 g/mol. The fourth-order valence-corrected chi connectivity index (χ4v) is 5.37. The fourth-order valence-electron chi connectivity index (χ4n) is 3.21. The van der Waals surface area contributed by atoms with Crippen LogP contribution < -0.4 is 0 Å². The predicted octanol–water partition coefficient (Wildman–Crippen LogP) is 2.32. The molecule has 0 bridgehead atoms. The second kappa shape index (κ2) is 8.42. The number of nitrogens with zero attached hydrogens (tertiary/aromatic N) is 5. The number of rotatable bonds is 6. The summed E-state index contributed by atoms with van der Waals surface area (Å²) in [6.45, 7) is 2.50. The number of nitriles is 1. The minimum Gasteiger partial charge on any atom is -0.338 e. The molecule has 1 fully saturated rings. The third kappa shape index (κ3) is 4.71. The maximum absolute atomic E-state index is 12.7. The third-order valence-corrected chi connectivity index (χ3v) is 7.41. The zero-order chi connectivity index (χ0) is 20.3. The normalized spacial score (nSPS) is 16.0. The SMILES string of the molecule is N#Cc1cccc(CS(=O)(=O)N2CCN(Cc3nc(-c4cccs4)no3)CC2)c1. The third-order valence-electron chi connectivity index (χ3n) is 4.70. The number of sulfonamides is 1. The van der Waals surface area contributed by atoms with Crippen LogP contribution in [-0.2, 0) is 22.3 Å². The van der Waals surface area contributed by atoms with E-state index in [9.17, 15) is 8.42 Å². The average molecular weight is 430 g/mol. The lowest BCUT2D eigenvalue weighted by Crippen LogP contribution is -2.48. The van der Waals surface area contributed by atoms with E-state index in [2.05, 4.69) is 15.0 Å². The molecule has 0 spiro atoms. The van der Waals surface area contributed by atoms with Crippen molar-refractivity contribution in [1.29, 1.82) is 5.26 Å². The van der Waals surface area contributed by atoms with Gasteiger partial charge in [0.05, 0.1) is 28.8 Å². The summed E-state index contributed by atoms with van der Waals surface area (Å²) in [4.78, 5) is 7.48. The van der Waals surface area contributed by atoms with Gasteiger partial charge in [0, 0.05) is 26.2 Å². The molecule has 0 N–H and O–H groups in total. The topological polar surface area (TPSA) is 103 Å². The zero-order valence-electron chi connectivity index (χ0n) is 15.6. The van der Waals surface area contributed by atoms with E-state index in [1.54, 1.807) is 35.6 Å². The molecule has 4 rings (SSSR count). The van der Waals surface area contributed by atoms with E-state index in [4.69, 9.17) is 9.78 Å². The van der Waals surface area contributed by atoms with Crippen LogP contribution in [-0.4, -0.2) is 53.9 Å². The molecule has 0 saturated carbocycles. The van der Waals surface area contributed by atoms with Crippen LogP contribution in [0.4, 0.5) is 0 Å². The maximum Gasteiger partial charge on any atom is 0.241 e. The first-order valence-electron chi connectivity index (χ1n) is 9.09. The van der Waals surface area contributed by atoms with Crippen molar-refractivity contribution in [2.24, 2.45) is 0 Å². The molecule has 3 heterocycles. The van der Waals surface area contributed by atoms with Gasteiger partial charge in [-0.3, -0.25) is 4.90 Å². The van der Waals surface area contributed by atoms with Gasteiger partial charge in [-0.05, 0) is 29.1 Å². The Morgan fingerprint density at radius 3 is 2.72 bits per heavy atom. The van der Waals surface area contributed by atoms with Gasteiger partial charge in [-0.15, -0.1) is 11.3 Å². The smallest absolute Gasteiger partial charge is 0.241 e. The van der Waals surface area contributed by atoms with Crippen LogP contribution in [0, 0.1) is 11.3 Å². The molecule has 1 saturated heterocycles. The molecule has 150 valence electrons. The molecule has 29 heavy (non-hydrogen) atoms. The summed E-state index contributed by atoms with van der Waals surface area (Å²) in [6, 6.07) is 12.6. The highest BCUT2D eigenvalue weighted by Gasteiger charge is 2.28. The van der Waals surface area contributed by atoms with E-state index in [1.165, 1.54) is 4.31 Å². The molecule has 0 amide bonds. The van der Waals surface area contributed by atoms with Crippen LogP contribution in [0.25, 0.3) is 10.7 Å². The van der Waals surface area contributed by atoms with Crippen molar-refractivity contribution in [3.63, 3.8) is 0 Å². The summed E-state index contributed by atoms with van der Waals surface area (Å²) in [7, 11) is -3.44. The van der Waals surface area contributed by atoms with Gasteiger partial charge < -0.3 is 4.52 Å². The highest BCUT2D eigenvalue weighted by atomic mass is 32.2. The molecule has 1 aromatic carbocycles. The first-order chi connectivity index (χ1) is 14.0. The summed E-state index contributed by atoms with van der Waals surface area (Å²) in [5.74, 6) is 1.00. The Hall–Kier alpha value is -2.58. The summed E-state index contributed by atoms with van der Waals surface area (Å²) < 4.78 is 32.3. The Morgan fingerprint density at radius 2 is 2.00 bits per heavy atom. The van der Waals surface area contributed by atoms with Crippen LogP contribution in [0.2, 0.25) is 0 Å². The number of benzene rings is 1. The van der Waals surface area contributed by atoms with Gasteiger partial charge in [-0.25, -0.2) is 8.42 Å². The standard InChI is InChI=1S/C19H19N5O3S2/c20-12-15-3-1-4-16(11-15)14-29(25,26)24-8-6-23(7-9-24)13-18-21-19(22-27-18)17-5-2-10-28-17/h1-5,10-11H,6-9,13-14H2. The molecule has 10 heteroatoms. The van der Waals surface area contributed by atoms with E-state index in [-0.39, 0.29) is 5.75 Å². The van der Waals surface area contributed by atoms with Gasteiger partial charge in [-0.2, -0.15) is 14.6 Å². The minimum absolute atomic E-state index is 0.101. The van der Waals surface area contributed by atoms with Crippen molar-refractivity contribution < 1.29 is 12.9 Å². The minimum atomic E-state index is -3.44. The molecule has 3 aromatic rings. The largest absolute Gasteiger partial charge is 0.338 e. The Bertz CT molecular complexity index is 1110. The Balaban J connectivity index is 1.33. The van der Waals surface area contributed by atoms with Crippen LogP contribution in [0.15, 0.2) is 46.3 Å². The first kappa shape index (κ1) is 19.7. The summed E-state index contributed by atoms with van der Waals surface area (Å²) in [5, 5.41) is 15.0. The van der Waals surface area contributed by atoms with Gasteiger partial charge in [0.25, 0.3) is 0 Å². The van der Waals surface area contributed by atoms with Crippen molar-refractivity contribution in [1.82, 2.24) is 19.3 Å². The van der Waals surface area contributed by atoms with Crippen molar-refractivity contribution >= 4 is 21.4 Å². The molecule has 1 aliphatic heterocycles. The Kier molecular flexibility index (Phi) is 5.73. The second-order valence-electron chi connectivity index (χ2n) is 6.73. The fraction of sp³-hybridized carbons (Fsp3) is 0.316. The van der Waals surface area contributed by atoms with E-state index in [0.29, 0.717) is 55.6 Å². The lowest BCUT2D eigenvalue weighted by molar-refractivity contribution is 0.163. The number of piperazine rings is 1. The van der Waals surface area contributed by atoms with Crippen LogP contribution in [0.1, 0.15) is 17.0 Å². The molecule has 1 aliphatic rings. The average Bonchev–Trinajstić information content (AvgIpc) is 3.40. The van der Waals surface area contributed by atoms with E-state index in [0.717, 1.165) is 4.88 Å². The van der Waals surface area contributed by atoms with Crippen molar-refractivity contribution in [3.05, 3.63) is 58.8 Å². The van der Waals surface area contributed by atoms with Crippen molar-refractivity contribution in [3.8, 4) is 16.8 Å². The number of hydrogen-bond acceptors (Lipinski definition) is 8. The van der Waals surface area contributed by atoms with Gasteiger partial charge in [0.2, 0.25) is 21.7 Å². The number of aromatic nitrogens is 2.